The van der Waals surface area contributed by atoms with E-state index >= 15 is 0 Å². The van der Waals surface area contributed by atoms with E-state index in [9.17, 15) is 9.59 Å². The molecule has 0 aromatic heterocycles. The van der Waals surface area contributed by atoms with Gasteiger partial charge in [-0.1, -0.05) is 31.4 Å². The molecule has 0 aliphatic heterocycles. The Labute approximate surface area is 138 Å². The molecule has 2 rings (SSSR count). The van der Waals surface area contributed by atoms with Crippen molar-refractivity contribution < 1.29 is 9.59 Å². The van der Waals surface area contributed by atoms with Crippen LogP contribution in [-0.2, 0) is 9.59 Å². The highest BCUT2D eigenvalue weighted by Gasteiger charge is 2.23. The van der Waals surface area contributed by atoms with Crippen LogP contribution in [0.25, 0.3) is 0 Å². The fraction of sp³-hybridized carbons (Fsp3) is 0.667. The topological polar surface area (TPSA) is 84.2 Å². The number of amides is 2. The highest BCUT2D eigenvalue weighted by molar-refractivity contribution is 5.82. The molecule has 5 heteroatoms. The number of hydrogen-bond acceptors (Lipinski definition) is 3. The van der Waals surface area contributed by atoms with Crippen molar-refractivity contribution in [3.05, 3.63) is 23.9 Å². The molecule has 0 aromatic carbocycles. The van der Waals surface area contributed by atoms with E-state index in [4.69, 9.17) is 5.73 Å². The number of hydrogen-bond donors (Lipinski definition) is 3. The van der Waals surface area contributed by atoms with Gasteiger partial charge in [-0.2, -0.15) is 0 Å². The summed E-state index contributed by atoms with van der Waals surface area (Å²) in [6.45, 7) is 0.613. The molecule has 0 heterocycles. The van der Waals surface area contributed by atoms with Crippen molar-refractivity contribution in [2.45, 2.75) is 63.8 Å². The van der Waals surface area contributed by atoms with Crippen LogP contribution in [0.15, 0.2) is 23.9 Å². The van der Waals surface area contributed by atoms with E-state index in [2.05, 4.69) is 10.6 Å². The van der Waals surface area contributed by atoms with Crippen LogP contribution in [0, 0.1) is 5.92 Å². The van der Waals surface area contributed by atoms with Crippen molar-refractivity contribution in [1.82, 2.24) is 10.6 Å². The lowest BCUT2D eigenvalue weighted by Gasteiger charge is -2.26. The summed E-state index contributed by atoms with van der Waals surface area (Å²) >= 11 is 0. The minimum Gasteiger partial charge on any atom is -0.353 e. The van der Waals surface area contributed by atoms with E-state index < -0.39 is 0 Å². The molecule has 1 saturated carbocycles. The lowest BCUT2D eigenvalue weighted by molar-refractivity contribution is -0.125. The molecule has 4 N–H and O–H groups in total. The molecule has 5 nitrogen and oxygen atoms in total. The summed E-state index contributed by atoms with van der Waals surface area (Å²) in [5.41, 5.74) is 6.26. The average molecular weight is 319 g/mol. The minimum absolute atomic E-state index is 0.00596. The van der Waals surface area contributed by atoms with Crippen molar-refractivity contribution in [3.63, 3.8) is 0 Å². The number of rotatable bonds is 7. The second kappa shape index (κ2) is 9.50. The van der Waals surface area contributed by atoms with Gasteiger partial charge in [0, 0.05) is 24.6 Å². The second-order valence-electron chi connectivity index (χ2n) is 6.52. The Bertz CT molecular complexity index is 465. The van der Waals surface area contributed by atoms with Crippen molar-refractivity contribution in [1.29, 1.82) is 0 Å². The SMILES string of the molecule is NCCCCC(=O)NC1=CC=CC(C(=O)NC2CCCCC2)C1. The van der Waals surface area contributed by atoms with E-state index in [0.29, 0.717) is 25.4 Å². The van der Waals surface area contributed by atoms with E-state index in [1.165, 1.54) is 19.3 Å². The first kappa shape index (κ1) is 17.7. The number of allylic oxidation sites excluding steroid dienone is 3. The number of unbranched alkanes of at least 4 members (excludes halogenated alkanes) is 1. The predicted molar refractivity (Wildman–Crippen MR) is 91.4 cm³/mol. The molecule has 1 fully saturated rings. The Morgan fingerprint density at radius 3 is 2.70 bits per heavy atom. The molecule has 23 heavy (non-hydrogen) atoms. The van der Waals surface area contributed by atoms with Gasteiger partial charge < -0.3 is 16.4 Å². The fourth-order valence-corrected chi connectivity index (χ4v) is 3.18. The van der Waals surface area contributed by atoms with Crippen LogP contribution in [0.3, 0.4) is 0 Å². The van der Waals surface area contributed by atoms with E-state index in [1.54, 1.807) is 0 Å². The Balaban J connectivity index is 1.76. The first-order chi connectivity index (χ1) is 11.2. The van der Waals surface area contributed by atoms with Crippen LogP contribution in [0.2, 0.25) is 0 Å². The number of carbonyl (C=O) groups excluding carboxylic acids is 2. The zero-order chi connectivity index (χ0) is 16.5. The van der Waals surface area contributed by atoms with Gasteiger partial charge in [-0.05, 0) is 38.3 Å². The summed E-state index contributed by atoms with van der Waals surface area (Å²) in [4.78, 5) is 24.3. The Kier molecular flexibility index (Phi) is 7.33. The smallest absolute Gasteiger partial charge is 0.227 e. The third-order valence-electron chi connectivity index (χ3n) is 4.53. The molecule has 2 aliphatic rings. The van der Waals surface area contributed by atoms with Gasteiger partial charge in [0.15, 0.2) is 0 Å². The van der Waals surface area contributed by atoms with Crippen molar-refractivity contribution >= 4 is 11.8 Å². The molecular weight excluding hydrogens is 290 g/mol. The maximum Gasteiger partial charge on any atom is 0.227 e. The van der Waals surface area contributed by atoms with Crippen LogP contribution in [0.4, 0.5) is 0 Å². The standard InChI is InChI=1S/C18H29N3O2/c19-12-5-4-11-17(22)20-16-10-6-7-14(13-16)18(23)21-15-8-2-1-3-9-15/h6-7,10,14-15H,1-5,8-9,11-13,19H2,(H,20,22)(H,21,23). The number of carbonyl (C=O) groups is 2. The zero-order valence-electron chi connectivity index (χ0n) is 13.9. The van der Waals surface area contributed by atoms with Crippen molar-refractivity contribution in [2.75, 3.05) is 6.54 Å². The maximum atomic E-state index is 12.4. The number of nitrogens with two attached hydrogens (primary N) is 1. The highest BCUT2D eigenvalue weighted by atomic mass is 16.2. The third-order valence-corrected chi connectivity index (χ3v) is 4.53. The Morgan fingerprint density at radius 2 is 1.96 bits per heavy atom. The van der Waals surface area contributed by atoms with Gasteiger partial charge in [-0.15, -0.1) is 0 Å². The molecule has 0 spiro atoms. The van der Waals surface area contributed by atoms with E-state index in [1.807, 2.05) is 18.2 Å². The summed E-state index contributed by atoms with van der Waals surface area (Å²) in [7, 11) is 0. The van der Waals surface area contributed by atoms with Gasteiger partial charge >= 0.3 is 0 Å². The first-order valence-corrected chi connectivity index (χ1v) is 8.86. The van der Waals surface area contributed by atoms with Gasteiger partial charge in [0.25, 0.3) is 0 Å². The summed E-state index contributed by atoms with van der Waals surface area (Å²) in [6, 6.07) is 0.324. The molecule has 128 valence electrons. The predicted octanol–water partition coefficient (Wildman–Crippen LogP) is 2.14. The summed E-state index contributed by atoms with van der Waals surface area (Å²) in [5.74, 6) is -0.0937. The normalized spacial score (nSPS) is 21.6. The molecule has 2 amide bonds. The lowest BCUT2D eigenvalue weighted by Crippen LogP contribution is -2.40. The maximum absolute atomic E-state index is 12.4. The summed E-state index contributed by atoms with van der Waals surface area (Å²) < 4.78 is 0. The third kappa shape index (κ3) is 6.18. The fourth-order valence-electron chi connectivity index (χ4n) is 3.18. The van der Waals surface area contributed by atoms with Crippen molar-refractivity contribution in [2.24, 2.45) is 11.7 Å². The second-order valence-corrected chi connectivity index (χ2v) is 6.52. The van der Waals surface area contributed by atoms with Gasteiger partial charge in [-0.3, -0.25) is 9.59 Å². The van der Waals surface area contributed by atoms with Crippen LogP contribution in [-0.4, -0.2) is 24.4 Å². The summed E-state index contributed by atoms with van der Waals surface area (Å²) in [5, 5.41) is 6.08. The quantitative estimate of drug-likeness (QED) is 0.629. The van der Waals surface area contributed by atoms with Gasteiger partial charge in [0.2, 0.25) is 11.8 Å². The molecule has 2 aliphatic carbocycles. The Morgan fingerprint density at radius 1 is 1.17 bits per heavy atom. The van der Waals surface area contributed by atoms with Gasteiger partial charge in [-0.25, -0.2) is 0 Å². The first-order valence-electron chi connectivity index (χ1n) is 8.86. The molecule has 0 aromatic rings. The van der Waals surface area contributed by atoms with Crippen LogP contribution < -0.4 is 16.4 Å². The van der Waals surface area contributed by atoms with E-state index in [0.717, 1.165) is 31.4 Å². The minimum atomic E-state index is -0.179. The van der Waals surface area contributed by atoms with Crippen LogP contribution in [0.5, 0.6) is 0 Å². The van der Waals surface area contributed by atoms with Crippen LogP contribution in [0.1, 0.15) is 57.8 Å². The number of nitrogens with one attached hydrogen (secondary N) is 2. The molecule has 0 radical (unpaired) electrons. The molecule has 1 unspecified atom stereocenters. The molecule has 0 saturated heterocycles. The molecule has 1 atom stereocenters. The van der Waals surface area contributed by atoms with Crippen molar-refractivity contribution in [3.8, 4) is 0 Å². The highest BCUT2D eigenvalue weighted by Crippen LogP contribution is 2.21. The molecule has 0 bridgehead atoms. The summed E-state index contributed by atoms with van der Waals surface area (Å²) in [6.07, 6.45) is 14.2. The average Bonchev–Trinajstić information content (AvgIpc) is 2.56. The van der Waals surface area contributed by atoms with Gasteiger partial charge in [0.1, 0.15) is 0 Å². The van der Waals surface area contributed by atoms with Gasteiger partial charge in [0.05, 0.1) is 5.92 Å². The lowest BCUT2D eigenvalue weighted by atomic mass is 9.93. The monoisotopic (exact) mass is 319 g/mol. The van der Waals surface area contributed by atoms with Crippen LogP contribution >= 0.6 is 0 Å². The van der Waals surface area contributed by atoms with E-state index in [-0.39, 0.29) is 17.7 Å². The molecular formula is C18H29N3O2. The Hall–Kier alpha value is -1.62. The largest absolute Gasteiger partial charge is 0.353 e. The zero-order valence-corrected chi connectivity index (χ0v) is 13.9.